The first-order chi connectivity index (χ1) is 18.6. The number of aromatic nitrogens is 5. The van der Waals surface area contributed by atoms with E-state index >= 15 is 0 Å². The zero-order valence-electron chi connectivity index (χ0n) is 20.9. The molecule has 0 radical (unpaired) electrons. The third kappa shape index (κ3) is 4.25. The van der Waals surface area contributed by atoms with Crippen molar-refractivity contribution < 1.29 is 23.5 Å². The fourth-order valence-corrected chi connectivity index (χ4v) is 4.57. The number of methoxy groups -OCH3 is 2. The Labute approximate surface area is 216 Å². The number of aromatic hydroxyl groups is 1. The van der Waals surface area contributed by atoms with Gasteiger partial charge in [0.25, 0.3) is 11.4 Å². The Balaban J connectivity index is 1.45. The second-order valence-corrected chi connectivity index (χ2v) is 9.16. The fraction of sp³-hybridized carbons (Fsp3) is 0.296. The quantitative estimate of drug-likeness (QED) is 0.305. The van der Waals surface area contributed by atoms with Crippen LogP contribution >= 0.6 is 0 Å². The molecule has 0 amide bonds. The molecule has 11 nitrogen and oxygen atoms in total. The molecule has 1 aliphatic rings. The summed E-state index contributed by atoms with van der Waals surface area (Å²) in [6.07, 6.45) is 3.82. The van der Waals surface area contributed by atoms with Crippen LogP contribution in [0.4, 0.5) is 0 Å². The lowest BCUT2D eigenvalue weighted by atomic mass is 10.1. The Morgan fingerprint density at radius 1 is 1.05 bits per heavy atom. The van der Waals surface area contributed by atoms with E-state index < -0.39 is 5.56 Å². The van der Waals surface area contributed by atoms with Crippen molar-refractivity contribution in [1.82, 2.24) is 24.9 Å². The van der Waals surface area contributed by atoms with Crippen LogP contribution in [0.1, 0.15) is 36.7 Å². The van der Waals surface area contributed by atoms with E-state index in [1.165, 1.54) is 18.8 Å². The van der Waals surface area contributed by atoms with Crippen LogP contribution in [0.25, 0.3) is 28.1 Å². The summed E-state index contributed by atoms with van der Waals surface area (Å²) in [6.45, 7) is 0. The minimum atomic E-state index is -0.666. The van der Waals surface area contributed by atoms with E-state index in [-0.39, 0.29) is 29.6 Å². The molecule has 0 unspecified atom stereocenters. The lowest BCUT2D eigenvalue weighted by Crippen LogP contribution is -2.20. The van der Waals surface area contributed by atoms with Crippen molar-refractivity contribution in [2.45, 2.75) is 32.1 Å². The molecule has 0 aliphatic heterocycles. The zero-order chi connectivity index (χ0) is 26.2. The molecule has 1 N–H and O–H groups in total. The molecule has 5 aromatic rings. The summed E-state index contributed by atoms with van der Waals surface area (Å²) in [5, 5.41) is 24.6. The number of para-hydroxylation sites is 2. The Kier molecular flexibility index (Phi) is 6.02. The molecule has 3 heterocycles. The Hall–Kier alpha value is -4.67. The second-order valence-electron chi connectivity index (χ2n) is 9.16. The van der Waals surface area contributed by atoms with Gasteiger partial charge in [0.15, 0.2) is 11.1 Å². The molecule has 3 aromatic heterocycles. The first kappa shape index (κ1) is 23.7. The largest absolute Gasteiger partial charge is 0.494 e. The van der Waals surface area contributed by atoms with E-state index in [9.17, 15) is 9.90 Å². The maximum absolute atomic E-state index is 13.2. The topological polar surface area (TPSA) is 139 Å². The molecule has 0 atom stereocenters. The molecule has 1 fully saturated rings. The normalized spacial score (nSPS) is 13.2. The Morgan fingerprint density at radius 3 is 2.55 bits per heavy atom. The molecule has 6 rings (SSSR count). The molecule has 1 saturated carbocycles. The molecule has 194 valence electrons. The van der Waals surface area contributed by atoms with E-state index in [0.29, 0.717) is 46.6 Å². The average Bonchev–Trinajstić information content (AvgIpc) is 3.52. The molecule has 2 aromatic carbocycles. The molecule has 38 heavy (non-hydrogen) atoms. The number of hydrogen-bond acceptors (Lipinski definition) is 10. The summed E-state index contributed by atoms with van der Waals surface area (Å²) >= 11 is 0. The van der Waals surface area contributed by atoms with E-state index in [0.717, 1.165) is 24.6 Å². The van der Waals surface area contributed by atoms with Crippen LogP contribution in [-0.4, -0.2) is 44.2 Å². The van der Waals surface area contributed by atoms with E-state index in [1.807, 2.05) is 24.3 Å². The molecular weight excluding hydrogens is 490 g/mol. The number of rotatable bonds is 9. The van der Waals surface area contributed by atoms with Gasteiger partial charge >= 0.3 is 0 Å². The number of fused-ring (bicyclic) bond motifs is 1. The Morgan fingerprint density at radius 2 is 1.82 bits per heavy atom. The lowest BCUT2D eigenvalue weighted by molar-refractivity contribution is 0.379. The van der Waals surface area contributed by atoms with E-state index in [1.54, 1.807) is 18.2 Å². The van der Waals surface area contributed by atoms with Gasteiger partial charge < -0.3 is 23.5 Å². The van der Waals surface area contributed by atoms with Crippen LogP contribution in [0.5, 0.6) is 17.4 Å². The van der Waals surface area contributed by atoms with Gasteiger partial charge in [0, 0.05) is 11.8 Å². The van der Waals surface area contributed by atoms with Crippen molar-refractivity contribution in [2.24, 2.45) is 5.92 Å². The summed E-state index contributed by atoms with van der Waals surface area (Å²) < 4.78 is 23.8. The van der Waals surface area contributed by atoms with Gasteiger partial charge in [-0.05, 0) is 36.6 Å². The first-order valence-electron chi connectivity index (χ1n) is 12.3. The van der Waals surface area contributed by atoms with Gasteiger partial charge in [-0.1, -0.05) is 36.2 Å². The van der Waals surface area contributed by atoms with Crippen LogP contribution in [-0.2, 0) is 12.8 Å². The summed E-state index contributed by atoms with van der Waals surface area (Å²) in [7, 11) is 3.04. The summed E-state index contributed by atoms with van der Waals surface area (Å²) in [6, 6.07) is 12.7. The lowest BCUT2D eigenvalue weighted by Gasteiger charge is -2.20. The highest BCUT2D eigenvalue weighted by Crippen LogP contribution is 2.39. The molecule has 11 heteroatoms. The van der Waals surface area contributed by atoms with Crippen LogP contribution in [0, 0.1) is 5.92 Å². The second kappa shape index (κ2) is 9.66. The van der Waals surface area contributed by atoms with Crippen LogP contribution in [0.2, 0.25) is 0 Å². The molecular formula is C27H25N5O6. The minimum Gasteiger partial charge on any atom is -0.494 e. The highest BCUT2D eigenvalue weighted by molar-refractivity contribution is 5.79. The molecule has 0 saturated heterocycles. The van der Waals surface area contributed by atoms with Gasteiger partial charge in [-0.15, -0.1) is 10.2 Å². The maximum Gasteiger partial charge on any atom is 0.289 e. The van der Waals surface area contributed by atoms with E-state index in [4.69, 9.17) is 18.4 Å². The zero-order valence-corrected chi connectivity index (χ0v) is 20.9. The number of benzene rings is 2. The number of aryl methyl sites for hydroxylation is 1. The van der Waals surface area contributed by atoms with Gasteiger partial charge in [-0.3, -0.25) is 9.36 Å². The van der Waals surface area contributed by atoms with Crippen molar-refractivity contribution in [3.05, 3.63) is 70.2 Å². The third-order valence-corrected chi connectivity index (χ3v) is 6.69. The van der Waals surface area contributed by atoms with Crippen molar-refractivity contribution in [2.75, 3.05) is 14.2 Å². The van der Waals surface area contributed by atoms with Crippen molar-refractivity contribution >= 4 is 11.0 Å². The van der Waals surface area contributed by atoms with Gasteiger partial charge in [0.2, 0.25) is 11.8 Å². The number of ether oxygens (including phenoxy) is 2. The third-order valence-electron chi connectivity index (χ3n) is 6.69. The van der Waals surface area contributed by atoms with Gasteiger partial charge in [0.1, 0.15) is 28.7 Å². The molecule has 0 bridgehead atoms. The SMILES string of the molecule is COc1cccc(OC)c1-n1c(CCC2CC2)nc(=O)c(-c2nnc(Cc3noc4ccccc34)o2)c1O. The van der Waals surface area contributed by atoms with Gasteiger partial charge in [0.05, 0.1) is 20.6 Å². The number of nitrogens with zero attached hydrogens (tertiary/aromatic N) is 5. The predicted molar refractivity (Wildman–Crippen MR) is 136 cm³/mol. The highest BCUT2D eigenvalue weighted by atomic mass is 16.5. The molecule has 1 aliphatic carbocycles. The Bertz CT molecular complexity index is 1660. The standard InChI is InChI=1S/C27H25N5O6/c1-35-19-8-5-9-20(36-2)24(19)32-21(13-12-15-10-11-15)28-25(33)23(27(32)34)26-30-29-22(37-26)14-17-16-6-3-4-7-18(16)38-31-17/h3-9,15,34H,10-14H2,1-2H3. The average molecular weight is 516 g/mol. The van der Waals surface area contributed by atoms with Crippen molar-refractivity contribution in [1.29, 1.82) is 0 Å². The highest BCUT2D eigenvalue weighted by Gasteiger charge is 2.29. The van der Waals surface area contributed by atoms with Gasteiger partial charge in [-0.2, -0.15) is 4.98 Å². The number of hydrogen-bond donors (Lipinski definition) is 1. The smallest absolute Gasteiger partial charge is 0.289 e. The van der Waals surface area contributed by atoms with Crippen molar-refractivity contribution in [3.8, 4) is 34.5 Å². The first-order valence-corrected chi connectivity index (χ1v) is 12.3. The van der Waals surface area contributed by atoms with Crippen LogP contribution in [0.15, 0.2) is 56.2 Å². The maximum atomic E-state index is 13.2. The summed E-state index contributed by atoms with van der Waals surface area (Å²) in [5.74, 6) is 1.52. The van der Waals surface area contributed by atoms with Crippen molar-refractivity contribution in [3.63, 3.8) is 0 Å². The van der Waals surface area contributed by atoms with Crippen LogP contribution in [0.3, 0.4) is 0 Å². The van der Waals surface area contributed by atoms with Gasteiger partial charge in [-0.25, -0.2) is 0 Å². The summed E-state index contributed by atoms with van der Waals surface area (Å²) in [4.78, 5) is 17.6. The van der Waals surface area contributed by atoms with E-state index in [2.05, 4.69) is 20.3 Å². The predicted octanol–water partition coefficient (Wildman–Crippen LogP) is 4.08. The molecule has 0 spiro atoms. The summed E-state index contributed by atoms with van der Waals surface area (Å²) in [5.41, 5.74) is 0.796. The monoisotopic (exact) mass is 515 g/mol. The van der Waals surface area contributed by atoms with Crippen LogP contribution < -0.4 is 15.0 Å². The fourth-order valence-electron chi connectivity index (χ4n) is 4.57. The minimum absolute atomic E-state index is 0.154.